The van der Waals surface area contributed by atoms with Crippen LogP contribution in [-0.2, 0) is 0 Å². The fraction of sp³-hybridized carbons (Fsp3) is 0.625. The van der Waals surface area contributed by atoms with Crippen LogP contribution in [0.1, 0.15) is 49.8 Å². The molecule has 2 rings (SSSR count). The van der Waals surface area contributed by atoms with Gasteiger partial charge in [-0.3, -0.25) is 0 Å². The summed E-state index contributed by atoms with van der Waals surface area (Å²) in [5.41, 5.74) is 2.50. The maximum absolute atomic E-state index is 6.25. The first kappa shape index (κ1) is 13.9. The molecule has 1 fully saturated rings. The Bertz CT molecular complexity index is 394. The van der Waals surface area contributed by atoms with E-state index in [0.29, 0.717) is 6.04 Å². The Morgan fingerprint density at radius 2 is 1.89 bits per heavy atom. The van der Waals surface area contributed by atoms with E-state index < -0.39 is 0 Å². The number of aryl methyl sites for hydroxylation is 1. The number of benzene rings is 1. The fourth-order valence-electron chi connectivity index (χ4n) is 3.10. The quantitative estimate of drug-likeness (QED) is 0.833. The first-order valence-corrected chi connectivity index (χ1v) is 7.43. The summed E-state index contributed by atoms with van der Waals surface area (Å²) in [6.07, 6.45) is 5.39. The second-order valence-electron chi connectivity index (χ2n) is 5.79. The van der Waals surface area contributed by atoms with Gasteiger partial charge in [0, 0.05) is 11.1 Å². The molecule has 100 valence electrons. The summed E-state index contributed by atoms with van der Waals surface area (Å²) >= 11 is 6.25. The van der Waals surface area contributed by atoms with E-state index in [-0.39, 0.29) is 0 Å². The van der Waals surface area contributed by atoms with Crippen LogP contribution in [0.2, 0.25) is 5.02 Å². The van der Waals surface area contributed by atoms with Crippen molar-refractivity contribution in [2.24, 2.45) is 11.8 Å². The molecule has 2 heteroatoms. The average molecular weight is 266 g/mol. The van der Waals surface area contributed by atoms with Gasteiger partial charge in [0.1, 0.15) is 0 Å². The summed E-state index contributed by atoms with van der Waals surface area (Å²) in [5, 5.41) is 4.38. The van der Waals surface area contributed by atoms with Crippen LogP contribution in [0.3, 0.4) is 0 Å². The van der Waals surface area contributed by atoms with Crippen LogP contribution in [0.25, 0.3) is 0 Å². The largest absolute Gasteiger partial charge is 0.313 e. The molecule has 0 aromatic heterocycles. The molecule has 0 spiro atoms. The molecule has 0 heterocycles. The summed E-state index contributed by atoms with van der Waals surface area (Å²) < 4.78 is 0. The van der Waals surface area contributed by atoms with E-state index in [2.05, 4.69) is 44.4 Å². The molecule has 1 aromatic carbocycles. The Balaban J connectivity index is 2.14. The van der Waals surface area contributed by atoms with Crippen molar-refractivity contribution in [3.8, 4) is 0 Å². The summed E-state index contributed by atoms with van der Waals surface area (Å²) in [4.78, 5) is 0. The molecule has 1 atom stereocenters. The van der Waals surface area contributed by atoms with Gasteiger partial charge in [0.05, 0.1) is 0 Å². The van der Waals surface area contributed by atoms with Crippen molar-refractivity contribution in [1.29, 1.82) is 0 Å². The SMILES string of the molecule is CNC(c1ccc(C)c(Cl)c1)C1CCC(C)CC1. The van der Waals surface area contributed by atoms with Crippen molar-refractivity contribution >= 4 is 11.6 Å². The van der Waals surface area contributed by atoms with Gasteiger partial charge in [0.2, 0.25) is 0 Å². The van der Waals surface area contributed by atoms with Gasteiger partial charge in [-0.25, -0.2) is 0 Å². The number of rotatable bonds is 3. The van der Waals surface area contributed by atoms with Crippen LogP contribution >= 0.6 is 11.6 Å². The normalized spacial score (nSPS) is 26.0. The molecular formula is C16H24ClN. The molecule has 1 saturated carbocycles. The molecule has 1 aromatic rings. The Labute approximate surface area is 116 Å². The molecule has 1 nitrogen and oxygen atoms in total. The molecular weight excluding hydrogens is 242 g/mol. The fourth-order valence-corrected chi connectivity index (χ4v) is 3.29. The zero-order valence-corrected chi connectivity index (χ0v) is 12.4. The summed E-state index contributed by atoms with van der Waals surface area (Å²) in [7, 11) is 2.07. The van der Waals surface area contributed by atoms with E-state index in [4.69, 9.17) is 11.6 Å². The minimum atomic E-state index is 0.454. The molecule has 0 saturated heterocycles. The highest BCUT2D eigenvalue weighted by Crippen LogP contribution is 2.37. The zero-order valence-electron chi connectivity index (χ0n) is 11.7. The van der Waals surface area contributed by atoms with Gasteiger partial charge < -0.3 is 5.32 Å². The third-order valence-electron chi connectivity index (χ3n) is 4.40. The highest BCUT2D eigenvalue weighted by molar-refractivity contribution is 6.31. The van der Waals surface area contributed by atoms with Gasteiger partial charge in [-0.2, -0.15) is 0 Å². The van der Waals surface area contributed by atoms with E-state index in [0.717, 1.165) is 22.4 Å². The first-order chi connectivity index (χ1) is 8.61. The van der Waals surface area contributed by atoms with Crippen LogP contribution in [0, 0.1) is 18.8 Å². The predicted molar refractivity (Wildman–Crippen MR) is 79.1 cm³/mol. The van der Waals surface area contributed by atoms with Crippen LogP contribution in [0.15, 0.2) is 18.2 Å². The Morgan fingerprint density at radius 3 is 2.44 bits per heavy atom. The lowest BCUT2D eigenvalue weighted by atomic mass is 9.77. The Kier molecular flexibility index (Phi) is 4.69. The average Bonchev–Trinajstić information content (AvgIpc) is 2.37. The monoisotopic (exact) mass is 265 g/mol. The number of halogens is 1. The molecule has 0 amide bonds. The van der Waals surface area contributed by atoms with Gasteiger partial charge >= 0.3 is 0 Å². The van der Waals surface area contributed by atoms with Crippen molar-refractivity contribution in [2.75, 3.05) is 7.05 Å². The summed E-state index contributed by atoms with van der Waals surface area (Å²) in [6.45, 7) is 4.43. The highest BCUT2D eigenvalue weighted by atomic mass is 35.5. The molecule has 18 heavy (non-hydrogen) atoms. The van der Waals surface area contributed by atoms with E-state index in [1.165, 1.54) is 31.2 Å². The van der Waals surface area contributed by atoms with E-state index in [1.54, 1.807) is 0 Å². The Morgan fingerprint density at radius 1 is 1.22 bits per heavy atom. The van der Waals surface area contributed by atoms with E-state index in [9.17, 15) is 0 Å². The minimum Gasteiger partial charge on any atom is -0.313 e. The number of nitrogens with one attached hydrogen (secondary N) is 1. The van der Waals surface area contributed by atoms with Crippen molar-refractivity contribution < 1.29 is 0 Å². The van der Waals surface area contributed by atoms with Crippen LogP contribution in [-0.4, -0.2) is 7.05 Å². The van der Waals surface area contributed by atoms with E-state index >= 15 is 0 Å². The zero-order chi connectivity index (χ0) is 13.1. The lowest BCUT2D eigenvalue weighted by Crippen LogP contribution is -2.28. The maximum Gasteiger partial charge on any atom is 0.0438 e. The Hall–Kier alpha value is -0.530. The topological polar surface area (TPSA) is 12.0 Å². The predicted octanol–water partition coefficient (Wildman–Crippen LogP) is 4.74. The van der Waals surface area contributed by atoms with E-state index in [1.807, 2.05) is 0 Å². The smallest absolute Gasteiger partial charge is 0.0438 e. The number of hydrogen-bond acceptors (Lipinski definition) is 1. The van der Waals surface area contributed by atoms with Crippen molar-refractivity contribution in [3.63, 3.8) is 0 Å². The highest BCUT2D eigenvalue weighted by Gasteiger charge is 2.26. The van der Waals surface area contributed by atoms with Crippen LogP contribution in [0.4, 0.5) is 0 Å². The second-order valence-corrected chi connectivity index (χ2v) is 6.20. The molecule has 0 aliphatic heterocycles. The van der Waals surface area contributed by atoms with Gasteiger partial charge in [0.25, 0.3) is 0 Å². The van der Waals surface area contributed by atoms with Gasteiger partial charge in [-0.05, 0) is 55.8 Å². The second kappa shape index (κ2) is 6.08. The molecule has 1 aliphatic carbocycles. The lowest BCUT2D eigenvalue weighted by Gasteiger charge is -2.33. The van der Waals surface area contributed by atoms with Crippen molar-refractivity contribution in [1.82, 2.24) is 5.32 Å². The first-order valence-electron chi connectivity index (χ1n) is 7.05. The van der Waals surface area contributed by atoms with Gasteiger partial charge in [-0.15, -0.1) is 0 Å². The molecule has 0 radical (unpaired) electrons. The third-order valence-corrected chi connectivity index (χ3v) is 4.81. The molecule has 1 N–H and O–H groups in total. The minimum absolute atomic E-state index is 0.454. The molecule has 0 bridgehead atoms. The van der Waals surface area contributed by atoms with Crippen LogP contribution < -0.4 is 5.32 Å². The lowest BCUT2D eigenvalue weighted by molar-refractivity contribution is 0.238. The molecule has 1 unspecified atom stereocenters. The van der Waals surface area contributed by atoms with Crippen molar-refractivity contribution in [2.45, 2.75) is 45.6 Å². The maximum atomic E-state index is 6.25. The third kappa shape index (κ3) is 3.07. The van der Waals surface area contributed by atoms with Crippen LogP contribution in [0.5, 0.6) is 0 Å². The number of hydrogen-bond donors (Lipinski definition) is 1. The standard InChI is InChI=1S/C16H24ClN/c1-11-4-7-13(8-5-11)16(18-3)14-9-6-12(2)15(17)10-14/h6,9-11,13,16,18H,4-5,7-8H2,1-3H3. The molecule has 1 aliphatic rings. The van der Waals surface area contributed by atoms with Crippen molar-refractivity contribution in [3.05, 3.63) is 34.3 Å². The summed E-state index contributed by atoms with van der Waals surface area (Å²) in [5.74, 6) is 1.66. The van der Waals surface area contributed by atoms with Gasteiger partial charge in [-0.1, -0.05) is 43.5 Å². The summed E-state index contributed by atoms with van der Waals surface area (Å²) in [6, 6.07) is 6.94. The van der Waals surface area contributed by atoms with Gasteiger partial charge in [0.15, 0.2) is 0 Å².